The number of nitrogens with two attached hydrogens (primary N) is 1. The van der Waals surface area contributed by atoms with Gasteiger partial charge in [0, 0.05) is 12.1 Å². The summed E-state index contributed by atoms with van der Waals surface area (Å²) in [5, 5.41) is 0. The van der Waals surface area contributed by atoms with E-state index in [1.54, 1.807) is 12.1 Å². The number of benzene rings is 1. The molecule has 5 nitrogen and oxygen atoms in total. The van der Waals surface area contributed by atoms with Crippen LogP contribution in [0.2, 0.25) is 0 Å². The van der Waals surface area contributed by atoms with Crippen LogP contribution in [0.15, 0.2) is 12.1 Å². The molecule has 0 amide bonds. The van der Waals surface area contributed by atoms with Crippen LogP contribution >= 0.6 is 0 Å². The lowest BCUT2D eigenvalue weighted by Crippen LogP contribution is -2.10. The SMILES string of the molecule is COc1cc(N)c(C(=O)OCCC2CC2)cc1OC. The molecule has 1 aromatic rings. The number of anilines is 1. The van der Waals surface area contributed by atoms with Crippen LogP contribution in [0.25, 0.3) is 0 Å². The number of methoxy groups -OCH3 is 2. The van der Waals surface area contributed by atoms with Gasteiger partial charge < -0.3 is 19.9 Å². The predicted octanol–water partition coefficient (Wildman–Crippen LogP) is 2.24. The summed E-state index contributed by atoms with van der Waals surface area (Å²) in [7, 11) is 3.03. The van der Waals surface area contributed by atoms with Crippen molar-refractivity contribution in [2.75, 3.05) is 26.6 Å². The minimum absolute atomic E-state index is 0.313. The lowest BCUT2D eigenvalue weighted by molar-refractivity contribution is 0.0495. The topological polar surface area (TPSA) is 70.8 Å². The number of carbonyl (C=O) groups is 1. The molecule has 1 aromatic carbocycles. The van der Waals surface area contributed by atoms with Gasteiger partial charge in [0.1, 0.15) is 0 Å². The van der Waals surface area contributed by atoms with E-state index in [2.05, 4.69) is 0 Å². The Labute approximate surface area is 112 Å². The van der Waals surface area contributed by atoms with E-state index in [-0.39, 0.29) is 0 Å². The van der Waals surface area contributed by atoms with Gasteiger partial charge in [-0.1, -0.05) is 12.8 Å². The summed E-state index contributed by atoms with van der Waals surface area (Å²) < 4.78 is 15.5. The lowest BCUT2D eigenvalue weighted by Gasteiger charge is -2.12. The zero-order chi connectivity index (χ0) is 13.8. The summed E-state index contributed by atoms with van der Waals surface area (Å²) in [5.74, 6) is 1.27. The number of nitrogen functional groups attached to an aromatic ring is 1. The Kier molecular flexibility index (Phi) is 4.14. The van der Waals surface area contributed by atoms with E-state index in [0.29, 0.717) is 29.4 Å². The molecule has 2 rings (SSSR count). The third kappa shape index (κ3) is 3.30. The highest BCUT2D eigenvalue weighted by Crippen LogP contribution is 2.33. The summed E-state index contributed by atoms with van der Waals surface area (Å²) in [6.07, 6.45) is 3.42. The molecule has 1 aliphatic rings. The molecule has 0 spiro atoms. The molecule has 0 radical (unpaired) electrons. The third-order valence-corrected chi connectivity index (χ3v) is 3.23. The first-order chi connectivity index (χ1) is 9.15. The highest BCUT2D eigenvalue weighted by Gasteiger charge is 2.22. The first kappa shape index (κ1) is 13.5. The second-order valence-corrected chi connectivity index (χ2v) is 4.66. The van der Waals surface area contributed by atoms with Crippen LogP contribution in [-0.2, 0) is 4.74 Å². The zero-order valence-corrected chi connectivity index (χ0v) is 11.3. The maximum Gasteiger partial charge on any atom is 0.340 e. The third-order valence-electron chi connectivity index (χ3n) is 3.23. The first-order valence-corrected chi connectivity index (χ1v) is 6.34. The summed E-state index contributed by atoms with van der Waals surface area (Å²) in [6.45, 7) is 0.442. The summed E-state index contributed by atoms with van der Waals surface area (Å²) in [4.78, 5) is 11.9. The van der Waals surface area contributed by atoms with Crippen molar-refractivity contribution in [3.05, 3.63) is 17.7 Å². The van der Waals surface area contributed by atoms with Gasteiger partial charge in [-0.25, -0.2) is 4.79 Å². The molecule has 19 heavy (non-hydrogen) atoms. The van der Waals surface area contributed by atoms with Crippen molar-refractivity contribution in [1.29, 1.82) is 0 Å². The van der Waals surface area contributed by atoms with Gasteiger partial charge in [0.2, 0.25) is 0 Å². The Morgan fingerprint density at radius 2 is 1.89 bits per heavy atom. The van der Waals surface area contributed by atoms with Crippen LogP contribution in [0.3, 0.4) is 0 Å². The molecule has 0 aromatic heterocycles. The molecule has 0 atom stereocenters. The van der Waals surface area contributed by atoms with Gasteiger partial charge in [-0.05, 0) is 12.3 Å². The second-order valence-electron chi connectivity index (χ2n) is 4.66. The minimum atomic E-state index is -0.417. The van der Waals surface area contributed by atoms with Crippen molar-refractivity contribution in [3.8, 4) is 11.5 Å². The van der Waals surface area contributed by atoms with Crippen LogP contribution in [0.1, 0.15) is 29.6 Å². The number of carbonyl (C=O) groups excluding carboxylic acids is 1. The number of esters is 1. The Morgan fingerprint density at radius 1 is 1.26 bits per heavy atom. The maximum absolute atomic E-state index is 11.9. The van der Waals surface area contributed by atoms with Crippen molar-refractivity contribution in [2.24, 2.45) is 5.92 Å². The highest BCUT2D eigenvalue weighted by atomic mass is 16.5. The largest absolute Gasteiger partial charge is 0.493 e. The Bertz CT molecular complexity index is 469. The lowest BCUT2D eigenvalue weighted by atomic mass is 10.1. The van der Waals surface area contributed by atoms with E-state index in [0.717, 1.165) is 12.3 Å². The van der Waals surface area contributed by atoms with Crippen molar-refractivity contribution >= 4 is 11.7 Å². The molecule has 1 aliphatic carbocycles. The summed E-state index contributed by atoms with van der Waals surface area (Å²) >= 11 is 0. The van der Waals surface area contributed by atoms with Gasteiger partial charge >= 0.3 is 5.97 Å². The van der Waals surface area contributed by atoms with Gasteiger partial charge in [-0.3, -0.25) is 0 Å². The van der Waals surface area contributed by atoms with Gasteiger partial charge in [0.15, 0.2) is 11.5 Å². The Morgan fingerprint density at radius 3 is 2.47 bits per heavy atom. The van der Waals surface area contributed by atoms with Crippen molar-refractivity contribution in [1.82, 2.24) is 0 Å². The van der Waals surface area contributed by atoms with E-state index in [1.807, 2.05) is 0 Å². The van der Waals surface area contributed by atoms with Crippen LogP contribution in [0.4, 0.5) is 5.69 Å². The first-order valence-electron chi connectivity index (χ1n) is 6.34. The molecule has 0 bridgehead atoms. The fraction of sp³-hybridized carbons (Fsp3) is 0.500. The smallest absolute Gasteiger partial charge is 0.340 e. The van der Waals surface area contributed by atoms with E-state index in [4.69, 9.17) is 19.9 Å². The molecule has 104 valence electrons. The van der Waals surface area contributed by atoms with E-state index >= 15 is 0 Å². The normalized spacial score (nSPS) is 14.0. The second kappa shape index (κ2) is 5.82. The number of rotatable bonds is 6. The van der Waals surface area contributed by atoms with E-state index in [9.17, 15) is 4.79 Å². The minimum Gasteiger partial charge on any atom is -0.493 e. The molecule has 2 N–H and O–H groups in total. The monoisotopic (exact) mass is 265 g/mol. The molecule has 0 saturated heterocycles. The van der Waals surface area contributed by atoms with E-state index in [1.165, 1.54) is 27.1 Å². The highest BCUT2D eigenvalue weighted by molar-refractivity contribution is 5.96. The fourth-order valence-electron chi connectivity index (χ4n) is 1.87. The zero-order valence-electron chi connectivity index (χ0n) is 11.3. The molecule has 0 aliphatic heterocycles. The van der Waals surface area contributed by atoms with Gasteiger partial charge in [0.25, 0.3) is 0 Å². The maximum atomic E-state index is 11.9. The molecular formula is C14H19NO4. The summed E-state index contributed by atoms with van der Waals surface area (Å²) in [5.41, 5.74) is 6.47. The van der Waals surface area contributed by atoms with Crippen LogP contribution in [0.5, 0.6) is 11.5 Å². The average Bonchev–Trinajstić information content (AvgIpc) is 3.22. The number of hydrogen-bond donors (Lipinski definition) is 1. The van der Waals surface area contributed by atoms with Gasteiger partial charge in [0.05, 0.1) is 32.1 Å². The van der Waals surface area contributed by atoms with Crippen molar-refractivity contribution in [2.45, 2.75) is 19.3 Å². The molecule has 0 unspecified atom stereocenters. The molecule has 1 saturated carbocycles. The quantitative estimate of drug-likeness (QED) is 0.631. The van der Waals surface area contributed by atoms with Gasteiger partial charge in [-0.15, -0.1) is 0 Å². The van der Waals surface area contributed by atoms with E-state index < -0.39 is 5.97 Å². The van der Waals surface area contributed by atoms with Crippen molar-refractivity contribution < 1.29 is 19.0 Å². The molecular weight excluding hydrogens is 246 g/mol. The molecule has 1 fully saturated rings. The fourth-order valence-corrected chi connectivity index (χ4v) is 1.87. The standard InChI is InChI=1S/C14H19NO4/c1-17-12-7-10(11(15)8-13(12)18-2)14(16)19-6-5-9-3-4-9/h7-9H,3-6,15H2,1-2H3. The molecule has 0 heterocycles. The summed E-state index contributed by atoms with van der Waals surface area (Å²) in [6, 6.07) is 3.12. The van der Waals surface area contributed by atoms with Gasteiger partial charge in [-0.2, -0.15) is 0 Å². The average molecular weight is 265 g/mol. The number of hydrogen-bond acceptors (Lipinski definition) is 5. The predicted molar refractivity (Wildman–Crippen MR) is 71.6 cm³/mol. The van der Waals surface area contributed by atoms with Crippen LogP contribution in [0, 0.1) is 5.92 Å². The molecule has 5 heteroatoms. The Hall–Kier alpha value is -1.91. The Balaban J connectivity index is 2.06. The van der Waals surface area contributed by atoms with Crippen LogP contribution < -0.4 is 15.2 Å². The van der Waals surface area contributed by atoms with Crippen molar-refractivity contribution in [3.63, 3.8) is 0 Å². The number of ether oxygens (including phenoxy) is 3. The van der Waals surface area contributed by atoms with Crippen LogP contribution in [-0.4, -0.2) is 26.8 Å².